The van der Waals surface area contributed by atoms with Gasteiger partial charge in [0.15, 0.2) is 0 Å². The first kappa shape index (κ1) is 17.0. The molecule has 0 unspecified atom stereocenters. The summed E-state index contributed by atoms with van der Waals surface area (Å²) < 4.78 is 26.9. The van der Waals surface area contributed by atoms with Gasteiger partial charge in [-0.05, 0) is 44.4 Å². The average molecular weight is 345 g/mol. The standard InChI is InChI=1S/C19H23NO3S/c1-13-10-11-15-16(18(13)21)12-20(24(22,23)19(2,3)4)17(15)14-8-6-5-7-9-14/h5-11,17,21H,12H2,1-4H3/t17-/m0/s1. The number of fused-ring (bicyclic) bond motifs is 1. The Bertz CT molecular complexity index is 867. The molecule has 0 saturated carbocycles. The fourth-order valence-electron chi connectivity index (χ4n) is 3.15. The molecule has 1 aliphatic heterocycles. The summed E-state index contributed by atoms with van der Waals surface area (Å²) in [6.45, 7) is 7.14. The Hall–Kier alpha value is -1.85. The Morgan fingerprint density at radius 2 is 1.71 bits per heavy atom. The number of hydrogen-bond acceptors (Lipinski definition) is 3. The maximum Gasteiger partial charge on any atom is 0.220 e. The van der Waals surface area contributed by atoms with Gasteiger partial charge >= 0.3 is 0 Å². The summed E-state index contributed by atoms with van der Waals surface area (Å²) in [4.78, 5) is 0. The van der Waals surface area contributed by atoms with Gasteiger partial charge in [0.1, 0.15) is 5.75 Å². The van der Waals surface area contributed by atoms with Crippen LogP contribution >= 0.6 is 0 Å². The number of benzene rings is 2. The summed E-state index contributed by atoms with van der Waals surface area (Å²) >= 11 is 0. The van der Waals surface area contributed by atoms with E-state index in [1.54, 1.807) is 20.8 Å². The van der Waals surface area contributed by atoms with E-state index in [4.69, 9.17) is 0 Å². The second-order valence-electron chi connectivity index (χ2n) is 7.27. The van der Waals surface area contributed by atoms with Gasteiger partial charge in [0, 0.05) is 12.1 Å². The molecule has 2 aromatic rings. The lowest BCUT2D eigenvalue weighted by Gasteiger charge is -2.31. The Kier molecular flexibility index (Phi) is 3.97. The van der Waals surface area contributed by atoms with Crippen molar-refractivity contribution in [2.24, 2.45) is 0 Å². The van der Waals surface area contributed by atoms with Crippen molar-refractivity contribution >= 4 is 10.0 Å². The minimum atomic E-state index is -3.55. The number of aromatic hydroxyl groups is 1. The zero-order valence-corrected chi connectivity index (χ0v) is 15.3. The number of phenolic OH excluding ortho intramolecular Hbond substituents is 1. The molecule has 0 radical (unpaired) electrons. The van der Waals surface area contributed by atoms with E-state index < -0.39 is 20.8 Å². The lowest BCUT2D eigenvalue weighted by atomic mass is 9.96. The van der Waals surface area contributed by atoms with Gasteiger partial charge in [-0.15, -0.1) is 0 Å². The molecule has 0 saturated heterocycles. The second kappa shape index (κ2) is 5.60. The number of phenols is 1. The van der Waals surface area contributed by atoms with E-state index in [1.807, 2.05) is 49.4 Å². The van der Waals surface area contributed by atoms with Crippen LogP contribution in [0.1, 0.15) is 49.1 Å². The highest BCUT2D eigenvalue weighted by atomic mass is 32.2. The molecular weight excluding hydrogens is 322 g/mol. The van der Waals surface area contributed by atoms with Crippen LogP contribution in [0.5, 0.6) is 5.75 Å². The van der Waals surface area contributed by atoms with Crippen LogP contribution in [0.2, 0.25) is 0 Å². The van der Waals surface area contributed by atoms with Crippen molar-refractivity contribution < 1.29 is 13.5 Å². The number of aryl methyl sites for hydroxylation is 1. The van der Waals surface area contributed by atoms with Crippen molar-refractivity contribution in [3.63, 3.8) is 0 Å². The molecule has 1 N–H and O–H groups in total. The monoisotopic (exact) mass is 345 g/mol. The molecule has 1 aliphatic rings. The smallest absolute Gasteiger partial charge is 0.220 e. The zero-order valence-electron chi connectivity index (χ0n) is 14.4. The van der Waals surface area contributed by atoms with Crippen LogP contribution in [-0.4, -0.2) is 22.6 Å². The van der Waals surface area contributed by atoms with E-state index in [9.17, 15) is 13.5 Å². The summed E-state index contributed by atoms with van der Waals surface area (Å²) in [6, 6.07) is 13.0. The van der Waals surface area contributed by atoms with Crippen LogP contribution in [0.15, 0.2) is 42.5 Å². The maximum absolute atomic E-state index is 13.1. The Balaban J connectivity index is 2.23. The number of nitrogens with zero attached hydrogens (tertiary/aromatic N) is 1. The molecule has 24 heavy (non-hydrogen) atoms. The largest absolute Gasteiger partial charge is 0.507 e. The zero-order chi connectivity index (χ0) is 17.7. The van der Waals surface area contributed by atoms with Crippen molar-refractivity contribution in [1.82, 2.24) is 4.31 Å². The van der Waals surface area contributed by atoms with Gasteiger partial charge in [-0.25, -0.2) is 8.42 Å². The van der Waals surface area contributed by atoms with E-state index in [0.717, 1.165) is 16.7 Å². The van der Waals surface area contributed by atoms with Crippen LogP contribution in [0, 0.1) is 6.92 Å². The van der Waals surface area contributed by atoms with Crippen LogP contribution in [0.4, 0.5) is 0 Å². The molecule has 128 valence electrons. The maximum atomic E-state index is 13.1. The Morgan fingerprint density at radius 3 is 2.29 bits per heavy atom. The lowest BCUT2D eigenvalue weighted by molar-refractivity contribution is 0.369. The molecule has 2 aromatic carbocycles. The number of rotatable bonds is 2. The topological polar surface area (TPSA) is 57.6 Å². The second-order valence-corrected chi connectivity index (χ2v) is 9.92. The van der Waals surface area contributed by atoms with E-state index in [2.05, 4.69) is 0 Å². The van der Waals surface area contributed by atoms with Crippen molar-refractivity contribution in [3.05, 3.63) is 64.7 Å². The van der Waals surface area contributed by atoms with Gasteiger partial charge in [0.05, 0.1) is 10.8 Å². The van der Waals surface area contributed by atoms with Crippen molar-refractivity contribution in [1.29, 1.82) is 0 Å². The molecule has 4 nitrogen and oxygen atoms in total. The SMILES string of the molecule is Cc1ccc2c(c1O)CN(S(=O)(=O)C(C)(C)C)[C@H]2c1ccccc1. The fourth-order valence-corrected chi connectivity index (χ4v) is 4.67. The van der Waals surface area contributed by atoms with Crippen molar-refractivity contribution in [2.45, 2.75) is 45.0 Å². The molecule has 1 heterocycles. The van der Waals surface area contributed by atoms with Gasteiger partial charge in [-0.1, -0.05) is 42.5 Å². The normalized spacial score (nSPS) is 18.6. The van der Waals surface area contributed by atoms with Crippen LogP contribution in [0.25, 0.3) is 0 Å². The van der Waals surface area contributed by atoms with Crippen LogP contribution in [0.3, 0.4) is 0 Å². The fraction of sp³-hybridized carbons (Fsp3) is 0.368. The third kappa shape index (κ3) is 2.52. The van der Waals surface area contributed by atoms with Gasteiger partial charge < -0.3 is 5.11 Å². The molecule has 0 amide bonds. The van der Waals surface area contributed by atoms with Crippen molar-refractivity contribution in [3.8, 4) is 5.75 Å². The first-order valence-electron chi connectivity index (χ1n) is 8.02. The number of hydrogen-bond donors (Lipinski definition) is 1. The van der Waals surface area contributed by atoms with E-state index in [1.165, 1.54) is 4.31 Å². The average Bonchev–Trinajstić information content (AvgIpc) is 2.91. The summed E-state index contributed by atoms with van der Waals surface area (Å²) in [5.74, 6) is 0.194. The van der Waals surface area contributed by atoms with Gasteiger partial charge in [0.25, 0.3) is 0 Å². The minimum Gasteiger partial charge on any atom is -0.507 e. The van der Waals surface area contributed by atoms with Gasteiger partial charge in [-0.2, -0.15) is 4.31 Å². The van der Waals surface area contributed by atoms with Gasteiger partial charge in [0.2, 0.25) is 10.0 Å². The lowest BCUT2D eigenvalue weighted by Crippen LogP contribution is -2.42. The highest BCUT2D eigenvalue weighted by molar-refractivity contribution is 7.90. The van der Waals surface area contributed by atoms with Crippen LogP contribution in [-0.2, 0) is 16.6 Å². The third-order valence-corrected chi connectivity index (χ3v) is 7.12. The quantitative estimate of drug-likeness (QED) is 0.902. The molecule has 0 spiro atoms. The van der Waals surface area contributed by atoms with Crippen LogP contribution < -0.4 is 0 Å². The van der Waals surface area contributed by atoms with E-state index in [-0.39, 0.29) is 12.3 Å². The minimum absolute atomic E-state index is 0.194. The van der Waals surface area contributed by atoms with Crippen molar-refractivity contribution in [2.75, 3.05) is 0 Å². The Labute approximate surface area is 143 Å². The predicted octanol–water partition coefficient (Wildman–Crippen LogP) is 3.73. The van der Waals surface area contributed by atoms with Gasteiger partial charge in [-0.3, -0.25) is 0 Å². The molecule has 0 bridgehead atoms. The first-order valence-corrected chi connectivity index (χ1v) is 9.46. The summed E-state index contributed by atoms with van der Waals surface area (Å²) in [6.07, 6.45) is 0. The number of sulfonamides is 1. The molecule has 0 aromatic heterocycles. The molecule has 1 atom stereocenters. The third-order valence-electron chi connectivity index (χ3n) is 4.62. The molecular formula is C19H23NO3S. The summed E-state index contributed by atoms with van der Waals surface area (Å²) in [7, 11) is -3.55. The summed E-state index contributed by atoms with van der Waals surface area (Å²) in [5.41, 5.74) is 3.23. The highest BCUT2D eigenvalue weighted by Gasteiger charge is 2.45. The van der Waals surface area contributed by atoms with E-state index in [0.29, 0.717) is 5.56 Å². The molecule has 3 rings (SSSR count). The predicted molar refractivity (Wildman–Crippen MR) is 95.3 cm³/mol. The van der Waals surface area contributed by atoms with E-state index >= 15 is 0 Å². The molecule has 0 aliphatic carbocycles. The first-order chi connectivity index (χ1) is 11.1. The highest BCUT2D eigenvalue weighted by Crippen LogP contribution is 2.46. The summed E-state index contributed by atoms with van der Waals surface area (Å²) in [5, 5.41) is 10.4. The Morgan fingerprint density at radius 1 is 1.08 bits per heavy atom. The molecule has 5 heteroatoms. The molecule has 0 fully saturated rings.